The highest BCUT2D eigenvalue weighted by Crippen LogP contribution is 2.53. The van der Waals surface area contributed by atoms with Gasteiger partial charge in [-0.25, -0.2) is 0 Å². The van der Waals surface area contributed by atoms with Crippen LogP contribution in [0.1, 0.15) is 77.0 Å². The van der Waals surface area contributed by atoms with Gasteiger partial charge in [-0.05, 0) is 56.8 Å². The third kappa shape index (κ3) is 3.15. The van der Waals surface area contributed by atoms with Gasteiger partial charge in [0.25, 0.3) is 0 Å². The van der Waals surface area contributed by atoms with E-state index in [-0.39, 0.29) is 11.3 Å². The molecule has 2 aliphatic rings. The third-order valence-corrected chi connectivity index (χ3v) is 5.87. The highest BCUT2D eigenvalue weighted by Gasteiger charge is 2.49. The number of nitrogens with one attached hydrogen (secondary N) is 1. The van der Waals surface area contributed by atoms with Gasteiger partial charge in [0, 0.05) is 16.7 Å². The van der Waals surface area contributed by atoms with Crippen molar-refractivity contribution in [1.82, 2.24) is 10.2 Å². The Morgan fingerprint density at radius 1 is 1.40 bits per heavy atom. The first-order valence-corrected chi connectivity index (χ1v) is 9.67. The first-order valence-electron chi connectivity index (χ1n) is 9.67. The number of rotatable bonds is 5. The fraction of sp³-hybridized carbons (Fsp3) is 0.700. The van der Waals surface area contributed by atoms with Gasteiger partial charge in [-0.3, -0.25) is 5.10 Å². The van der Waals surface area contributed by atoms with Gasteiger partial charge >= 0.3 is 0 Å². The topological polar surface area (TPSA) is 87.7 Å². The third-order valence-electron chi connectivity index (χ3n) is 5.87. The van der Waals surface area contributed by atoms with Gasteiger partial charge in [-0.15, -0.1) is 5.10 Å². The van der Waals surface area contributed by atoms with E-state index in [1.54, 1.807) is 0 Å². The number of nitrogens with zero attached hydrogens (tertiary/aromatic N) is 2. The molecule has 3 rings (SSSR count). The van der Waals surface area contributed by atoms with E-state index >= 15 is 0 Å². The lowest BCUT2D eigenvalue weighted by Gasteiger charge is -2.42. The molecule has 3 N–H and O–H groups in total. The quantitative estimate of drug-likeness (QED) is 0.834. The number of hydrogen-bond donors (Lipinski definition) is 2. The molecule has 5 heteroatoms. The summed E-state index contributed by atoms with van der Waals surface area (Å²) in [6.07, 6.45) is 8.62. The number of aromatic nitrogens is 2. The van der Waals surface area contributed by atoms with Crippen LogP contribution >= 0.6 is 0 Å². The summed E-state index contributed by atoms with van der Waals surface area (Å²) in [6, 6.07) is 2.37. The lowest BCUT2D eigenvalue weighted by atomic mass is 9.61. The van der Waals surface area contributed by atoms with E-state index < -0.39 is 0 Å². The van der Waals surface area contributed by atoms with Crippen LogP contribution in [0.2, 0.25) is 0 Å². The van der Waals surface area contributed by atoms with Gasteiger partial charge in [-0.2, -0.15) is 5.26 Å². The average Bonchev–Trinajstić information content (AvgIpc) is 2.98. The van der Waals surface area contributed by atoms with Crippen molar-refractivity contribution in [3.8, 4) is 11.9 Å². The van der Waals surface area contributed by atoms with E-state index in [1.807, 2.05) is 0 Å². The molecule has 0 saturated heterocycles. The summed E-state index contributed by atoms with van der Waals surface area (Å²) in [4.78, 5) is 0. The summed E-state index contributed by atoms with van der Waals surface area (Å²) in [5.74, 6) is 2.29. The maximum Gasteiger partial charge on any atom is 0.244 e. The fourth-order valence-corrected chi connectivity index (χ4v) is 4.71. The zero-order valence-electron chi connectivity index (χ0n) is 15.7. The monoisotopic (exact) mass is 342 g/mol. The van der Waals surface area contributed by atoms with Crippen LogP contribution < -0.4 is 10.5 Å². The standard InChI is InChI=1S/C20H30N4O/c1-4-5-6-16-17-19(24-23-16)25-18(22)15(12-21)20(17)9-7-14(8-10-20)11-13(2)3/h13-14H,4-11,22H2,1-3H3,(H,23,24). The molecule has 0 unspecified atom stereocenters. The minimum Gasteiger partial charge on any atom is -0.420 e. The van der Waals surface area contributed by atoms with E-state index in [0.717, 1.165) is 68.0 Å². The molecule has 136 valence electrons. The van der Waals surface area contributed by atoms with E-state index in [1.165, 1.54) is 6.42 Å². The van der Waals surface area contributed by atoms with Crippen LogP contribution in [0.15, 0.2) is 11.5 Å². The van der Waals surface area contributed by atoms with Crippen molar-refractivity contribution in [2.45, 2.75) is 77.6 Å². The summed E-state index contributed by atoms with van der Waals surface area (Å²) in [5.41, 5.74) is 8.65. The molecular weight excluding hydrogens is 312 g/mol. The van der Waals surface area contributed by atoms with Gasteiger partial charge in [0.05, 0.1) is 0 Å². The Labute approximate surface area is 150 Å². The number of ether oxygens (including phenoxy) is 1. The highest BCUT2D eigenvalue weighted by molar-refractivity contribution is 5.54. The van der Waals surface area contributed by atoms with Crippen LogP contribution in [0.3, 0.4) is 0 Å². The Bertz CT molecular complexity index is 687. The van der Waals surface area contributed by atoms with Crippen LogP contribution in [0.25, 0.3) is 0 Å². The van der Waals surface area contributed by atoms with E-state index in [2.05, 4.69) is 37.0 Å². The van der Waals surface area contributed by atoms with Crippen molar-refractivity contribution in [3.05, 3.63) is 22.7 Å². The molecule has 1 aromatic heterocycles. The van der Waals surface area contributed by atoms with Crippen LogP contribution in [0.5, 0.6) is 5.88 Å². The molecule has 5 nitrogen and oxygen atoms in total. The second kappa shape index (κ2) is 7.11. The van der Waals surface area contributed by atoms with E-state index in [0.29, 0.717) is 11.5 Å². The fourth-order valence-electron chi connectivity index (χ4n) is 4.71. The molecule has 1 aliphatic carbocycles. The molecule has 0 aromatic carbocycles. The number of nitrogens with two attached hydrogens (primary N) is 1. The van der Waals surface area contributed by atoms with Crippen LogP contribution in [0.4, 0.5) is 0 Å². The summed E-state index contributed by atoms with van der Waals surface area (Å²) < 4.78 is 5.71. The zero-order chi connectivity index (χ0) is 18.0. The van der Waals surface area contributed by atoms with Crippen molar-refractivity contribution in [3.63, 3.8) is 0 Å². The molecule has 1 aliphatic heterocycles. The molecule has 1 spiro atoms. The SMILES string of the molecule is CCCCc1[nH]nc2c1C1(CCC(CC(C)C)CC1)C(C#N)=C(N)O2. The predicted octanol–water partition coefficient (Wildman–Crippen LogP) is 4.31. The first-order chi connectivity index (χ1) is 12.0. The molecule has 1 aromatic rings. The van der Waals surface area contributed by atoms with Crippen molar-refractivity contribution in [1.29, 1.82) is 5.26 Å². The highest BCUT2D eigenvalue weighted by atomic mass is 16.5. The second-order valence-electron chi connectivity index (χ2n) is 8.09. The number of fused-ring (bicyclic) bond motifs is 2. The average molecular weight is 342 g/mol. The maximum atomic E-state index is 9.82. The van der Waals surface area contributed by atoms with E-state index in [9.17, 15) is 5.26 Å². The predicted molar refractivity (Wildman–Crippen MR) is 97.7 cm³/mol. The van der Waals surface area contributed by atoms with Gasteiger partial charge in [0.2, 0.25) is 11.8 Å². The Morgan fingerprint density at radius 2 is 2.12 bits per heavy atom. The molecule has 2 heterocycles. The van der Waals surface area contributed by atoms with Gasteiger partial charge in [-0.1, -0.05) is 27.2 Å². The first kappa shape index (κ1) is 17.8. The molecule has 25 heavy (non-hydrogen) atoms. The molecule has 0 atom stereocenters. The number of allylic oxidation sites excluding steroid dienone is 1. The van der Waals surface area contributed by atoms with Gasteiger partial charge in [0.1, 0.15) is 11.6 Å². The van der Waals surface area contributed by atoms with Crippen molar-refractivity contribution in [2.24, 2.45) is 17.6 Å². The Morgan fingerprint density at radius 3 is 2.72 bits per heavy atom. The molecule has 1 saturated carbocycles. The smallest absolute Gasteiger partial charge is 0.244 e. The molecular formula is C20H30N4O. The number of hydrogen-bond acceptors (Lipinski definition) is 4. The van der Waals surface area contributed by atoms with Crippen LogP contribution in [-0.4, -0.2) is 10.2 Å². The second-order valence-corrected chi connectivity index (χ2v) is 8.09. The van der Waals surface area contributed by atoms with Crippen LogP contribution in [0, 0.1) is 23.2 Å². The van der Waals surface area contributed by atoms with Gasteiger partial charge in [0.15, 0.2) is 0 Å². The lowest BCUT2D eigenvalue weighted by Crippen LogP contribution is -2.39. The summed E-state index contributed by atoms with van der Waals surface area (Å²) in [5, 5.41) is 17.4. The largest absolute Gasteiger partial charge is 0.420 e. The number of aromatic amines is 1. The summed E-state index contributed by atoms with van der Waals surface area (Å²) >= 11 is 0. The number of H-pyrrole nitrogens is 1. The van der Waals surface area contributed by atoms with Crippen molar-refractivity contribution < 1.29 is 4.74 Å². The minimum absolute atomic E-state index is 0.242. The maximum absolute atomic E-state index is 9.82. The number of nitriles is 1. The van der Waals surface area contributed by atoms with E-state index in [4.69, 9.17) is 10.5 Å². The molecule has 0 radical (unpaired) electrons. The van der Waals surface area contributed by atoms with Crippen molar-refractivity contribution >= 4 is 0 Å². The number of aryl methyl sites for hydroxylation is 1. The Balaban J connectivity index is 1.97. The zero-order valence-corrected chi connectivity index (χ0v) is 15.7. The Hall–Kier alpha value is -1.96. The molecule has 1 fully saturated rings. The number of unbranched alkanes of at least 4 members (excludes halogenated alkanes) is 1. The van der Waals surface area contributed by atoms with Crippen LogP contribution in [-0.2, 0) is 11.8 Å². The van der Waals surface area contributed by atoms with Gasteiger partial charge < -0.3 is 10.5 Å². The summed E-state index contributed by atoms with van der Waals surface area (Å²) in [6.45, 7) is 6.76. The lowest BCUT2D eigenvalue weighted by molar-refractivity contribution is 0.217. The molecule has 0 bridgehead atoms. The normalized spacial score (nSPS) is 25.8. The minimum atomic E-state index is -0.310. The van der Waals surface area contributed by atoms with Crippen molar-refractivity contribution in [2.75, 3.05) is 0 Å². The Kier molecular flexibility index (Phi) is 5.08. The summed E-state index contributed by atoms with van der Waals surface area (Å²) in [7, 11) is 0. The molecule has 0 amide bonds.